The number of carboxylic acid groups (broad SMARTS) is 1. The zero-order valence-corrected chi connectivity index (χ0v) is 27.8. The number of likely N-dealkylation sites (tertiary alicyclic amines) is 1. The molecule has 1 aromatic heterocycles. The summed E-state index contributed by atoms with van der Waals surface area (Å²) >= 11 is 0. The standard InChI is InChI=1S/C33H42N4O9S/c1-5-6-7-8-12-26(36-20-29(34-21-36)35-30(38)25-11-9-10-13-28(25)47(42,43)44)31(39)37-19-24(18-27(37)32(40)41)45-22-14-16-23(17-15-22)46-33(2,3)4/h9-11,13-17,20-21,24,26-27H,5-8,12,18-19H2,1-4H3,(H,35,38)(H,40,41)(H,42,43,44)/t24-,26+,27-/m0/s1. The van der Waals surface area contributed by atoms with E-state index in [-0.39, 0.29) is 29.9 Å². The lowest BCUT2D eigenvalue weighted by atomic mass is 10.1. The van der Waals surface area contributed by atoms with E-state index < -0.39 is 51.0 Å². The Hall–Kier alpha value is -4.43. The van der Waals surface area contributed by atoms with Crippen LogP contribution in [0.5, 0.6) is 11.5 Å². The Morgan fingerprint density at radius 3 is 2.36 bits per heavy atom. The molecule has 3 aromatic rings. The molecule has 13 nitrogen and oxygen atoms in total. The first-order chi connectivity index (χ1) is 22.2. The van der Waals surface area contributed by atoms with Crippen LogP contribution in [0.2, 0.25) is 0 Å². The summed E-state index contributed by atoms with van der Waals surface area (Å²) in [4.78, 5) is 44.3. The molecule has 0 saturated carbocycles. The minimum Gasteiger partial charge on any atom is -0.488 e. The van der Waals surface area contributed by atoms with Crippen LogP contribution in [0.4, 0.5) is 5.82 Å². The van der Waals surface area contributed by atoms with Crippen LogP contribution in [0.25, 0.3) is 0 Å². The Morgan fingerprint density at radius 1 is 1.04 bits per heavy atom. The zero-order valence-electron chi connectivity index (χ0n) is 27.0. The highest BCUT2D eigenvalue weighted by Crippen LogP contribution is 2.30. The van der Waals surface area contributed by atoms with E-state index in [1.807, 2.05) is 20.8 Å². The molecule has 0 aliphatic carbocycles. The first-order valence-electron chi connectivity index (χ1n) is 15.6. The summed E-state index contributed by atoms with van der Waals surface area (Å²) in [7, 11) is -4.66. The van der Waals surface area contributed by atoms with Gasteiger partial charge in [0.15, 0.2) is 5.82 Å². The first kappa shape index (κ1) is 35.4. The zero-order chi connectivity index (χ0) is 34.4. The number of ether oxygens (including phenoxy) is 2. The van der Waals surface area contributed by atoms with Gasteiger partial charge in [-0.25, -0.2) is 9.78 Å². The van der Waals surface area contributed by atoms with Gasteiger partial charge in [-0.2, -0.15) is 8.42 Å². The summed E-state index contributed by atoms with van der Waals surface area (Å²) in [6.07, 6.45) is 6.27. The molecule has 14 heteroatoms. The molecule has 0 radical (unpaired) electrons. The number of amides is 2. The fourth-order valence-corrected chi connectivity index (χ4v) is 6.17. The van der Waals surface area contributed by atoms with Crippen molar-refractivity contribution >= 4 is 33.7 Å². The van der Waals surface area contributed by atoms with Crippen LogP contribution in [0.1, 0.15) is 82.6 Å². The third-order valence-electron chi connectivity index (χ3n) is 7.61. The van der Waals surface area contributed by atoms with Crippen molar-refractivity contribution in [1.82, 2.24) is 14.5 Å². The normalized spacial score (nSPS) is 17.3. The van der Waals surface area contributed by atoms with E-state index in [4.69, 9.17) is 9.47 Å². The number of unbranched alkanes of at least 4 members (excludes halogenated alkanes) is 3. The van der Waals surface area contributed by atoms with Crippen molar-refractivity contribution in [3.8, 4) is 11.5 Å². The monoisotopic (exact) mass is 670 g/mol. The number of imidazole rings is 1. The van der Waals surface area contributed by atoms with Gasteiger partial charge in [0, 0.05) is 12.6 Å². The molecule has 1 aliphatic rings. The second-order valence-electron chi connectivity index (χ2n) is 12.5. The minimum atomic E-state index is -4.66. The number of benzene rings is 2. The number of carboxylic acids is 1. The molecule has 1 saturated heterocycles. The fourth-order valence-electron chi connectivity index (χ4n) is 5.48. The molecule has 47 heavy (non-hydrogen) atoms. The van der Waals surface area contributed by atoms with Crippen LogP contribution in [-0.4, -0.2) is 74.6 Å². The van der Waals surface area contributed by atoms with Crippen LogP contribution < -0.4 is 14.8 Å². The maximum absolute atomic E-state index is 14.1. The summed E-state index contributed by atoms with van der Waals surface area (Å²) < 4.78 is 46.6. The van der Waals surface area contributed by atoms with Gasteiger partial charge in [-0.15, -0.1) is 0 Å². The summed E-state index contributed by atoms with van der Waals surface area (Å²) in [5, 5.41) is 12.6. The Balaban J connectivity index is 1.52. The lowest BCUT2D eigenvalue weighted by Gasteiger charge is -2.27. The summed E-state index contributed by atoms with van der Waals surface area (Å²) in [5.41, 5.74) is -0.646. The fraction of sp³-hybridized carbons (Fsp3) is 0.455. The van der Waals surface area contributed by atoms with Crippen LogP contribution in [0, 0.1) is 0 Å². The quantitative estimate of drug-likeness (QED) is 0.153. The van der Waals surface area contributed by atoms with Gasteiger partial charge in [0.25, 0.3) is 16.0 Å². The van der Waals surface area contributed by atoms with E-state index in [9.17, 15) is 32.5 Å². The van der Waals surface area contributed by atoms with Gasteiger partial charge in [-0.05, 0) is 63.6 Å². The molecule has 0 unspecified atom stereocenters. The van der Waals surface area contributed by atoms with E-state index >= 15 is 0 Å². The number of hydrogen-bond acceptors (Lipinski definition) is 8. The van der Waals surface area contributed by atoms with Crippen molar-refractivity contribution in [3.05, 3.63) is 66.6 Å². The van der Waals surface area contributed by atoms with E-state index in [1.54, 1.807) is 24.3 Å². The minimum absolute atomic E-state index is 0.0443. The third kappa shape index (κ3) is 9.55. The topological polar surface area (TPSA) is 177 Å². The molecular weight excluding hydrogens is 628 g/mol. The summed E-state index contributed by atoms with van der Waals surface area (Å²) in [5.74, 6) is -1.14. The van der Waals surface area contributed by atoms with Gasteiger partial charge >= 0.3 is 5.97 Å². The molecule has 1 aliphatic heterocycles. The Kier molecular flexibility index (Phi) is 11.3. The Labute approximate surface area is 274 Å². The van der Waals surface area contributed by atoms with Crippen LogP contribution in [-0.2, 0) is 19.7 Å². The molecule has 2 aromatic carbocycles. The number of carbonyl (C=O) groups is 3. The number of hydrogen-bond donors (Lipinski definition) is 3. The molecule has 4 rings (SSSR count). The second-order valence-corrected chi connectivity index (χ2v) is 13.9. The highest BCUT2D eigenvalue weighted by molar-refractivity contribution is 7.86. The van der Waals surface area contributed by atoms with Gasteiger partial charge in [0.1, 0.15) is 40.2 Å². The van der Waals surface area contributed by atoms with Crippen LogP contribution in [0.3, 0.4) is 0 Å². The van der Waals surface area contributed by atoms with E-state index in [1.165, 1.54) is 40.2 Å². The summed E-state index contributed by atoms with van der Waals surface area (Å²) in [6, 6.07) is 10.3. The predicted octanol–water partition coefficient (Wildman–Crippen LogP) is 5.20. The number of aliphatic carboxylic acids is 1. The molecule has 1 fully saturated rings. The van der Waals surface area contributed by atoms with Crippen molar-refractivity contribution in [2.75, 3.05) is 11.9 Å². The Bertz CT molecular complexity index is 1670. The molecule has 0 spiro atoms. The van der Waals surface area contributed by atoms with Crippen LogP contribution in [0.15, 0.2) is 66.0 Å². The maximum atomic E-state index is 14.1. The highest BCUT2D eigenvalue weighted by Gasteiger charge is 2.43. The number of aromatic nitrogens is 2. The molecule has 0 bridgehead atoms. The predicted molar refractivity (Wildman–Crippen MR) is 173 cm³/mol. The second kappa shape index (κ2) is 15.0. The third-order valence-corrected chi connectivity index (χ3v) is 8.52. The molecular formula is C33H42N4O9S. The number of anilines is 1. The van der Waals surface area contributed by atoms with Crippen molar-refractivity contribution in [3.63, 3.8) is 0 Å². The van der Waals surface area contributed by atoms with Gasteiger partial charge in [0.05, 0.1) is 18.4 Å². The molecule has 2 amide bonds. The van der Waals surface area contributed by atoms with Gasteiger partial charge < -0.3 is 29.4 Å². The molecule has 2 heterocycles. The smallest absolute Gasteiger partial charge is 0.326 e. The van der Waals surface area contributed by atoms with Crippen molar-refractivity contribution in [2.45, 2.75) is 94.9 Å². The van der Waals surface area contributed by atoms with Crippen molar-refractivity contribution in [2.24, 2.45) is 0 Å². The average molecular weight is 671 g/mol. The van der Waals surface area contributed by atoms with Gasteiger partial charge in [-0.1, -0.05) is 44.7 Å². The lowest BCUT2D eigenvalue weighted by Crippen LogP contribution is -2.44. The van der Waals surface area contributed by atoms with Gasteiger partial charge in [-0.3, -0.25) is 14.1 Å². The summed E-state index contributed by atoms with van der Waals surface area (Å²) in [6.45, 7) is 7.96. The SMILES string of the molecule is CCCCCC[C@H](C(=O)N1C[C@@H](Oc2ccc(OC(C)(C)C)cc2)C[C@H]1C(=O)O)n1cnc(NC(=O)c2ccccc2S(=O)(=O)O)c1. The maximum Gasteiger partial charge on any atom is 0.326 e. The number of nitrogens with one attached hydrogen (secondary N) is 1. The number of carbonyl (C=O) groups excluding carboxylic acids is 2. The van der Waals surface area contributed by atoms with Crippen LogP contribution >= 0.6 is 0 Å². The largest absolute Gasteiger partial charge is 0.488 e. The van der Waals surface area contributed by atoms with E-state index in [2.05, 4.69) is 17.2 Å². The number of rotatable bonds is 14. The van der Waals surface area contributed by atoms with E-state index in [0.717, 1.165) is 25.3 Å². The van der Waals surface area contributed by atoms with Gasteiger partial charge in [0.2, 0.25) is 5.91 Å². The lowest BCUT2D eigenvalue weighted by molar-refractivity contribution is -0.149. The molecule has 254 valence electrons. The first-order valence-corrected chi connectivity index (χ1v) is 17.0. The Morgan fingerprint density at radius 2 is 1.72 bits per heavy atom. The van der Waals surface area contributed by atoms with Crippen molar-refractivity contribution in [1.29, 1.82) is 0 Å². The molecule has 3 N–H and O–H groups in total. The number of nitrogens with zero attached hydrogens (tertiary/aromatic N) is 3. The average Bonchev–Trinajstić information content (AvgIpc) is 3.64. The molecule has 3 atom stereocenters. The van der Waals surface area contributed by atoms with E-state index in [0.29, 0.717) is 24.3 Å². The highest BCUT2D eigenvalue weighted by atomic mass is 32.2. The van der Waals surface area contributed by atoms with Crippen molar-refractivity contribution < 1.29 is 41.9 Å².